The highest BCUT2D eigenvalue weighted by atomic mass is 79.9. The van der Waals surface area contributed by atoms with Gasteiger partial charge in [0.05, 0.1) is 22.6 Å². The first-order valence-corrected chi connectivity index (χ1v) is 6.75. The van der Waals surface area contributed by atoms with Gasteiger partial charge in [0.25, 0.3) is 0 Å². The van der Waals surface area contributed by atoms with Crippen molar-refractivity contribution in [1.82, 2.24) is 15.1 Å². The molecule has 102 valence electrons. The van der Waals surface area contributed by atoms with Gasteiger partial charge in [0.1, 0.15) is 0 Å². The third-order valence-corrected chi connectivity index (χ3v) is 3.29. The minimum atomic E-state index is -0.757. The van der Waals surface area contributed by atoms with Crippen molar-refractivity contribution in [3.63, 3.8) is 0 Å². The number of aliphatic carboxylic acids is 1. The molecule has 0 aliphatic heterocycles. The second kappa shape index (κ2) is 6.33. The van der Waals surface area contributed by atoms with Crippen LogP contribution < -0.4 is 5.32 Å². The topological polar surface area (TPSA) is 67.2 Å². The number of rotatable bonds is 7. The summed E-state index contributed by atoms with van der Waals surface area (Å²) in [5.74, 6) is -0.757. The summed E-state index contributed by atoms with van der Waals surface area (Å²) in [6, 6.07) is 0.251. The van der Waals surface area contributed by atoms with Crippen LogP contribution in [0, 0.1) is 5.41 Å². The van der Waals surface area contributed by atoms with E-state index in [1.54, 1.807) is 20.0 Å². The molecule has 1 rings (SSSR count). The third kappa shape index (κ3) is 4.78. The molecule has 5 nitrogen and oxygen atoms in total. The number of nitrogens with one attached hydrogen (secondary N) is 1. The lowest BCUT2D eigenvalue weighted by Gasteiger charge is -2.21. The Morgan fingerprint density at radius 2 is 2.33 bits per heavy atom. The van der Waals surface area contributed by atoms with Gasteiger partial charge in [-0.2, -0.15) is 5.10 Å². The molecular formula is C12H20BrN3O2. The fourth-order valence-corrected chi connectivity index (χ4v) is 1.85. The molecule has 0 amide bonds. The number of halogens is 1. The van der Waals surface area contributed by atoms with Gasteiger partial charge in [-0.05, 0) is 49.7 Å². The second-order valence-corrected chi connectivity index (χ2v) is 6.09. The van der Waals surface area contributed by atoms with Gasteiger partial charge in [0, 0.05) is 12.2 Å². The van der Waals surface area contributed by atoms with E-state index < -0.39 is 11.4 Å². The molecule has 0 bridgehead atoms. The van der Waals surface area contributed by atoms with Gasteiger partial charge >= 0.3 is 5.97 Å². The minimum Gasteiger partial charge on any atom is -0.481 e. The molecule has 0 aliphatic carbocycles. The van der Waals surface area contributed by atoms with E-state index in [1.165, 1.54) is 0 Å². The molecule has 0 spiro atoms. The number of carbonyl (C=O) groups is 1. The molecule has 0 fully saturated rings. The Balaban J connectivity index is 2.29. The standard InChI is InChI=1S/C12H20BrN3O2/c1-9(7-16-8-10(13)6-15-16)14-5-4-12(2,3)11(17)18/h6,8-9,14H,4-5,7H2,1-3H3,(H,17,18). The Morgan fingerprint density at radius 1 is 1.67 bits per heavy atom. The van der Waals surface area contributed by atoms with Crippen molar-refractivity contribution in [1.29, 1.82) is 0 Å². The smallest absolute Gasteiger partial charge is 0.309 e. The lowest BCUT2D eigenvalue weighted by molar-refractivity contribution is -0.147. The molecule has 6 heteroatoms. The van der Waals surface area contributed by atoms with Crippen LogP contribution in [0.2, 0.25) is 0 Å². The number of aromatic nitrogens is 2. The van der Waals surface area contributed by atoms with Crippen molar-refractivity contribution in [3.8, 4) is 0 Å². The highest BCUT2D eigenvalue weighted by molar-refractivity contribution is 9.10. The number of carboxylic acid groups (broad SMARTS) is 1. The van der Waals surface area contributed by atoms with Crippen LogP contribution in [-0.4, -0.2) is 33.4 Å². The maximum atomic E-state index is 10.9. The monoisotopic (exact) mass is 317 g/mol. The van der Waals surface area contributed by atoms with E-state index in [2.05, 4.69) is 33.3 Å². The number of hydrogen-bond donors (Lipinski definition) is 2. The van der Waals surface area contributed by atoms with Crippen LogP contribution in [0.5, 0.6) is 0 Å². The van der Waals surface area contributed by atoms with Gasteiger partial charge in [-0.25, -0.2) is 0 Å². The zero-order valence-electron chi connectivity index (χ0n) is 11.0. The fourth-order valence-electron chi connectivity index (χ4n) is 1.52. The maximum absolute atomic E-state index is 10.9. The summed E-state index contributed by atoms with van der Waals surface area (Å²) in [6.45, 7) is 6.99. The van der Waals surface area contributed by atoms with Gasteiger partial charge in [0.15, 0.2) is 0 Å². The second-order valence-electron chi connectivity index (χ2n) is 5.17. The summed E-state index contributed by atoms with van der Waals surface area (Å²) in [5, 5.41) is 16.5. The molecule has 1 unspecified atom stereocenters. The van der Waals surface area contributed by atoms with Crippen molar-refractivity contribution >= 4 is 21.9 Å². The minimum absolute atomic E-state index is 0.251. The van der Waals surface area contributed by atoms with E-state index in [0.717, 1.165) is 11.0 Å². The number of carboxylic acids is 1. The number of nitrogens with zero attached hydrogens (tertiary/aromatic N) is 2. The Labute approximate surface area is 116 Å². The van der Waals surface area contributed by atoms with Crippen LogP contribution in [-0.2, 0) is 11.3 Å². The first-order valence-electron chi connectivity index (χ1n) is 5.96. The first-order chi connectivity index (χ1) is 8.31. The Morgan fingerprint density at radius 3 is 2.83 bits per heavy atom. The zero-order valence-corrected chi connectivity index (χ0v) is 12.6. The summed E-state index contributed by atoms with van der Waals surface area (Å²) in [6.07, 6.45) is 4.27. The van der Waals surface area contributed by atoms with Crippen molar-refractivity contribution in [2.45, 2.75) is 39.8 Å². The molecule has 18 heavy (non-hydrogen) atoms. The SMILES string of the molecule is CC(Cn1cc(Br)cn1)NCCC(C)(C)C(=O)O. The molecule has 0 saturated carbocycles. The molecule has 1 aromatic rings. The summed E-state index contributed by atoms with van der Waals surface area (Å²) in [4.78, 5) is 10.9. The van der Waals surface area contributed by atoms with E-state index in [9.17, 15) is 4.79 Å². The van der Waals surface area contributed by atoms with E-state index in [1.807, 2.05) is 10.9 Å². The van der Waals surface area contributed by atoms with E-state index in [0.29, 0.717) is 13.0 Å². The van der Waals surface area contributed by atoms with Gasteiger partial charge in [-0.3, -0.25) is 9.48 Å². The third-order valence-electron chi connectivity index (χ3n) is 2.88. The van der Waals surface area contributed by atoms with Gasteiger partial charge < -0.3 is 10.4 Å². The van der Waals surface area contributed by atoms with Crippen LogP contribution >= 0.6 is 15.9 Å². The van der Waals surface area contributed by atoms with E-state index >= 15 is 0 Å². The number of hydrogen-bond acceptors (Lipinski definition) is 3. The molecule has 1 heterocycles. The average Bonchev–Trinajstić information content (AvgIpc) is 2.63. The summed E-state index contributed by atoms with van der Waals surface area (Å²) < 4.78 is 2.81. The lowest BCUT2D eigenvalue weighted by Crippen LogP contribution is -2.35. The zero-order chi connectivity index (χ0) is 13.8. The Bertz CT molecular complexity index is 404. The first kappa shape index (κ1) is 15.2. The Kier molecular flexibility index (Phi) is 5.34. The quantitative estimate of drug-likeness (QED) is 0.808. The van der Waals surface area contributed by atoms with E-state index in [-0.39, 0.29) is 6.04 Å². The molecule has 0 saturated heterocycles. The lowest BCUT2D eigenvalue weighted by atomic mass is 9.89. The summed E-state index contributed by atoms with van der Waals surface area (Å²) >= 11 is 3.35. The van der Waals surface area contributed by atoms with Gasteiger partial charge in [-0.15, -0.1) is 0 Å². The Hall–Kier alpha value is -0.880. The van der Waals surface area contributed by atoms with Crippen molar-refractivity contribution in [2.75, 3.05) is 6.54 Å². The highest BCUT2D eigenvalue weighted by Gasteiger charge is 2.26. The molecule has 0 aliphatic rings. The van der Waals surface area contributed by atoms with Crippen molar-refractivity contribution in [2.24, 2.45) is 5.41 Å². The molecule has 0 aromatic carbocycles. The summed E-state index contributed by atoms with van der Waals surface area (Å²) in [7, 11) is 0. The van der Waals surface area contributed by atoms with E-state index in [4.69, 9.17) is 5.11 Å². The van der Waals surface area contributed by atoms with Gasteiger partial charge in [0.2, 0.25) is 0 Å². The molecule has 0 radical (unpaired) electrons. The predicted molar refractivity (Wildman–Crippen MR) is 73.4 cm³/mol. The summed E-state index contributed by atoms with van der Waals surface area (Å²) in [5.41, 5.74) is -0.679. The highest BCUT2D eigenvalue weighted by Crippen LogP contribution is 2.19. The molecule has 1 aromatic heterocycles. The van der Waals surface area contributed by atoms with Crippen LogP contribution in [0.3, 0.4) is 0 Å². The predicted octanol–water partition coefficient (Wildman–Crippen LogP) is 2.12. The van der Waals surface area contributed by atoms with Crippen molar-refractivity contribution in [3.05, 3.63) is 16.9 Å². The maximum Gasteiger partial charge on any atom is 0.309 e. The van der Waals surface area contributed by atoms with Crippen molar-refractivity contribution < 1.29 is 9.90 Å². The fraction of sp³-hybridized carbons (Fsp3) is 0.667. The molecule has 2 N–H and O–H groups in total. The molecule has 1 atom stereocenters. The van der Waals surface area contributed by atoms with Crippen LogP contribution in [0.1, 0.15) is 27.2 Å². The normalized spacial score (nSPS) is 13.6. The average molecular weight is 318 g/mol. The van der Waals surface area contributed by atoms with Crippen LogP contribution in [0.25, 0.3) is 0 Å². The van der Waals surface area contributed by atoms with Crippen LogP contribution in [0.15, 0.2) is 16.9 Å². The van der Waals surface area contributed by atoms with Crippen LogP contribution in [0.4, 0.5) is 0 Å². The van der Waals surface area contributed by atoms with Gasteiger partial charge in [-0.1, -0.05) is 0 Å². The largest absolute Gasteiger partial charge is 0.481 e. The molecular weight excluding hydrogens is 298 g/mol.